The summed E-state index contributed by atoms with van der Waals surface area (Å²) in [7, 11) is 0. The monoisotopic (exact) mass is 1880 g/mol. The molecular weight excluding hydrogens is 1790 g/mol. The molecule has 0 bridgehead atoms. The van der Waals surface area contributed by atoms with Gasteiger partial charge in [-0.15, -0.1) is 0 Å². The van der Waals surface area contributed by atoms with Crippen LogP contribution in [-0.4, -0.2) is 18.3 Å². The van der Waals surface area contributed by atoms with E-state index in [-0.39, 0.29) is 0 Å². The standard InChI is InChI=1S/2C72H48N2/c1-3-17-49(18-4-1)53-21-13-23-55(43-53)57-25-15-26-58(45-57)56-24-14-22-54(44-56)50-35-37-51(38-36-50)59-27-16-28-62(46-59)73-69-33-11-8-30-64(69)66-47-60(39-41-71(66)73)61-40-42-72-67(48-61)65-31-9-12-34-70(65)74(72)68-32-10-7-29-63(68)52-19-5-2-6-20-52;1-3-18-51(19-4-1)61-28-7-8-29-62(61)59-26-16-24-55(45-59)54-23-15-22-53(44-54)49-36-38-50(39-37-49)56-25-17-27-60(46-56)73-69-34-13-10-31-64(69)66-47-57(40-42-71(66)73)58-41-43-72-67(48-58)65-32-11-14-35-70(65)74(72)68-33-12-9-30-63(68)52-20-5-2-6-21-52/h2*1-48H. The van der Waals surface area contributed by atoms with Crippen LogP contribution in [0.4, 0.5) is 0 Å². The molecule has 28 rings (SSSR count). The number of hydrogen-bond acceptors (Lipinski definition) is 0. The summed E-state index contributed by atoms with van der Waals surface area (Å²) in [4.78, 5) is 0. The maximum Gasteiger partial charge on any atom is 0.0541 e. The zero-order valence-corrected chi connectivity index (χ0v) is 81.2. The van der Waals surface area contributed by atoms with Gasteiger partial charge in [0, 0.05) is 65.6 Å². The first-order chi connectivity index (χ1) is 73.4. The van der Waals surface area contributed by atoms with Gasteiger partial charge >= 0.3 is 0 Å². The Morgan fingerprint density at radius 1 is 0.0878 bits per heavy atom. The molecule has 4 heteroatoms. The topological polar surface area (TPSA) is 19.7 Å². The smallest absolute Gasteiger partial charge is 0.0541 e. The molecule has 0 radical (unpaired) electrons. The van der Waals surface area contributed by atoms with Crippen LogP contribution in [0.3, 0.4) is 0 Å². The van der Waals surface area contributed by atoms with Crippen LogP contribution < -0.4 is 0 Å². The summed E-state index contributed by atoms with van der Waals surface area (Å²) in [6.45, 7) is 0. The number of nitrogens with zero attached hydrogens (tertiary/aromatic N) is 4. The van der Waals surface area contributed by atoms with Crippen LogP contribution in [0.5, 0.6) is 0 Å². The van der Waals surface area contributed by atoms with E-state index in [0.717, 1.165) is 11.4 Å². The van der Waals surface area contributed by atoms with Crippen LogP contribution in [0, 0.1) is 0 Å². The average Bonchev–Trinajstić information content (AvgIpc) is 1.58. The molecule has 4 heterocycles. The molecule has 148 heavy (non-hydrogen) atoms. The minimum Gasteiger partial charge on any atom is -0.309 e. The minimum atomic E-state index is 1.14. The predicted octanol–water partition coefficient (Wildman–Crippen LogP) is 39.1. The minimum absolute atomic E-state index is 1.14. The van der Waals surface area contributed by atoms with Gasteiger partial charge in [0.1, 0.15) is 0 Å². The van der Waals surface area contributed by atoms with Gasteiger partial charge in [0.2, 0.25) is 0 Å². The summed E-state index contributed by atoms with van der Waals surface area (Å²) >= 11 is 0. The Morgan fingerprint density at radius 2 is 0.270 bits per heavy atom. The number of hydrogen-bond donors (Lipinski definition) is 0. The molecule has 4 aromatic heterocycles. The molecule has 0 atom stereocenters. The number of fused-ring (bicyclic) bond motifs is 12. The quantitative estimate of drug-likeness (QED) is 0.0816. The van der Waals surface area contributed by atoms with E-state index in [1.807, 2.05) is 0 Å². The van der Waals surface area contributed by atoms with E-state index in [1.54, 1.807) is 0 Å². The highest BCUT2D eigenvalue weighted by atomic mass is 15.0. The van der Waals surface area contributed by atoms with Gasteiger partial charge in [0.15, 0.2) is 0 Å². The molecule has 0 N–H and O–H groups in total. The lowest BCUT2D eigenvalue weighted by atomic mass is 9.92. The van der Waals surface area contributed by atoms with Crippen LogP contribution >= 0.6 is 0 Å². The Labute approximate surface area is 860 Å². The highest BCUT2D eigenvalue weighted by Crippen LogP contribution is 2.47. The van der Waals surface area contributed by atoms with Gasteiger partial charge in [-0.05, 0) is 284 Å². The van der Waals surface area contributed by atoms with Crippen molar-refractivity contribution in [3.05, 3.63) is 582 Å². The molecule has 0 aliphatic carbocycles. The third-order valence-electron chi connectivity index (χ3n) is 29.9. The van der Waals surface area contributed by atoms with Crippen molar-refractivity contribution in [1.29, 1.82) is 0 Å². The summed E-state index contributed by atoms with van der Waals surface area (Å²) < 4.78 is 9.72. The van der Waals surface area contributed by atoms with E-state index >= 15 is 0 Å². The number of aromatic nitrogens is 4. The van der Waals surface area contributed by atoms with Gasteiger partial charge in [-0.3, -0.25) is 0 Å². The van der Waals surface area contributed by atoms with E-state index in [1.165, 1.54) is 254 Å². The second-order valence-corrected chi connectivity index (χ2v) is 38.5. The highest BCUT2D eigenvalue weighted by Gasteiger charge is 2.24. The van der Waals surface area contributed by atoms with Crippen LogP contribution in [0.25, 0.3) is 266 Å². The molecular formula is C144H96N4. The van der Waals surface area contributed by atoms with E-state index in [0.29, 0.717) is 0 Å². The fraction of sp³-hybridized carbons (Fsp3) is 0. The van der Waals surface area contributed by atoms with Crippen molar-refractivity contribution in [2.24, 2.45) is 0 Å². The molecule has 0 saturated heterocycles. The van der Waals surface area contributed by atoms with E-state index in [4.69, 9.17) is 0 Å². The second-order valence-electron chi connectivity index (χ2n) is 38.5. The molecule has 28 aromatic rings. The zero-order valence-electron chi connectivity index (χ0n) is 81.2. The molecule has 24 aromatic carbocycles. The lowest BCUT2D eigenvalue weighted by Gasteiger charge is -2.14. The van der Waals surface area contributed by atoms with Crippen LogP contribution in [-0.2, 0) is 0 Å². The van der Waals surface area contributed by atoms with Gasteiger partial charge in [-0.1, -0.05) is 443 Å². The van der Waals surface area contributed by atoms with E-state index in [9.17, 15) is 0 Å². The molecule has 0 fully saturated rings. The van der Waals surface area contributed by atoms with Gasteiger partial charge < -0.3 is 18.3 Å². The van der Waals surface area contributed by atoms with Crippen LogP contribution in [0.2, 0.25) is 0 Å². The molecule has 4 nitrogen and oxygen atoms in total. The normalized spacial score (nSPS) is 11.5. The lowest BCUT2D eigenvalue weighted by molar-refractivity contribution is 1.18. The van der Waals surface area contributed by atoms with Crippen molar-refractivity contribution in [1.82, 2.24) is 18.3 Å². The molecule has 0 unspecified atom stereocenters. The maximum absolute atomic E-state index is 2.43. The molecule has 692 valence electrons. The van der Waals surface area contributed by atoms with Gasteiger partial charge in [0.25, 0.3) is 0 Å². The van der Waals surface area contributed by atoms with Crippen molar-refractivity contribution in [3.8, 4) is 179 Å². The summed E-state index contributed by atoms with van der Waals surface area (Å²) in [5, 5.41) is 9.91. The Morgan fingerprint density at radius 3 is 0.588 bits per heavy atom. The SMILES string of the molecule is c1ccc(-c2cccc(-c3cccc(-c4cccc(-c5ccc(-c6cccc(-n7c8ccccc8c8cc(-c9ccc%10c(c9)c9ccccc9n%10-c9ccccc9-c9ccccc9)ccc87)c6)cc5)c4)c3)c2)cc1.c1ccc(-c2ccccc2-c2cccc(-c3cccc(-c4ccc(-c5cccc(-n6c7ccccc7c7cc(-c8ccc9c(c8)c8ccccc8n9-c8ccccc8-c8ccccc8)ccc76)c5)cc4)c3)c2)cc1. The highest BCUT2D eigenvalue weighted by molar-refractivity contribution is 6.16. The van der Waals surface area contributed by atoms with Crippen molar-refractivity contribution in [2.75, 3.05) is 0 Å². The second kappa shape index (κ2) is 37.7. The molecule has 0 aliphatic heterocycles. The Bertz CT molecular complexity index is 9950. The summed E-state index contributed by atoms with van der Waals surface area (Å²) in [5.74, 6) is 0. The zero-order chi connectivity index (χ0) is 97.9. The van der Waals surface area contributed by atoms with Crippen LogP contribution in [0.1, 0.15) is 0 Å². The Hall–Kier alpha value is -19.5. The first kappa shape index (κ1) is 87.5. The molecule has 0 aliphatic rings. The van der Waals surface area contributed by atoms with Gasteiger partial charge in [-0.25, -0.2) is 0 Å². The van der Waals surface area contributed by atoms with E-state index in [2.05, 4.69) is 601 Å². The first-order valence-corrected chi connectivity index (χ1v) is 51.0. The van der Waals surface area contributed by atoms with E-state index < -0.39 is 0 Å². The molecule has 0 saturated carbocycles. The third kappa shape index (κ3) is 16.1. The fourth-order valence-corrected chi connectivity index (χ4v) is 22.7. The predicted molar refractivity (Wildman–Crippen MR) is 626 cm³/mol. The lowest BCUT2D eigenvalue weighted by Crippen LogP contribution is -1.97. The van der Waals surface area contributed by atoms with Crippen molar-refractivity contribution < 1.29 is 0 Å². The average molecular weight is 1880 g/mol. The van der Waals surface area contributed by atoms with Crippen molar-refractivity contribution >= 4 is 87.2 Å². The maximum atomic E-state index is 2.43. The summed E-state index contributed by atoms with van der Waals surface area (Å²) in [6, 6.07) is 213. The summed E-state index contributed by atoms with van der Waals surface area (Å²) in [5.41, 5.74) is 47.8. The van der Waals surface area contributed by atoms with Crippen molar-refractivity contribution in [2.45, 2.75) is 0 Å². The number of para-hydroxylation sites is 6. The Kier molecular flexibility index (Phi) is 22.3. The van der Waals surface area contributed by atoms with Crippen LogP contribution in [0.15, 0.2) is 582 Å². The Balaban J connectivity index is 0.000000146. The molecule has 0 spiro atoms. The van der Waals surface area contributed by atoms with Gasteiger partial charge in [0.05, 0.1) is 55.5 Å². The number of rotatable bonds is 18. The third-order valence-corrected chi connectivity index (χ3v) is 29.9. The number of benzene rings is 24. The van der Waals surface area contributed by atoms with Gasteiger partial charge in [-0.2, -0.15) is 0 Å². The summed E-state index contributed by atoms with van der Waals surface area (Å²) in [6.07, 6.45) is 0. The fourth-order valence-electron chi connectivity index (χ4n) is 22.7. The molecule has 0 amide bonds. The first-order valence-electron chi connectivity index (χ1n) is 51.0. The van der Waals surface area contributed by atoms with Crippen molar-refractivity contribution in [3.63, 3.8) is 0 Å². The largest absolute Gasteiger partial charge is 0.309 e.